The van der Waals surface area contributed by atoms with E-state index >= 15 is 0 Å². The van der Waals surface area contributed by atoms with Gasteiger partial charge in [-0.05, 0) is 74.5 Å². The van der Waals surface area contributed by atoms with Gasteiger partial charge in [0.05, 0.1) is 0 Å². The lowest BCUT2D eigenvalue weighted by molar-refractivity contribution is 0.259. The third kappa shape index (κ3) is 10.5. The number of urea groups is 1. The van der Waals surface area contributed by atoms with Crippen LogP contribution >= 0.6 is 0 Å². The summed E-state index contributed by atoms with van der Waals surface area (Å²) in [6.07, 6.45) is 9.26. The van der Waals surface area contributed by atoms with Gasteiger partial charge in [0.1, 0.15) is 11.7 Å². The van der Waals surface area contributed by atoms with Crippen molar-refractivity contribution in [2.24, 2.45) is 22.5 Å². The SMILES string of the molecule is CN=C(NN)c1cccc(NC(N)=O)c1.Fc1ccc(CCCNCC2CCCCC2)cc1. The van der Waals surface area contributed by atoms with Crippen molar-refractivity contribution in [3.05, 3.63) is 65.5 Å². The fourth-order valence-electron chi connectivity index (χ4n) is 3.93. The van der Waals surface area contributed by atoms with E-state index in [-0.39, 0.29) is 5.82 Å². The van der Waals surface area contributed by atoms with Gasteiger partial charge in [-0.2, -0.15) is 0 Å². The van der Waals surface area contributed by atoms with Gasteiger partial charge in [-0.1, -0.05) is 43.5 Å². The minimum atomic E-state index is -0.608. The van der Waals surface area contributed by atoms with Crippen molar-refractivity contribution in [3.8, 4) is 0 Å². The Morgan fingerprint density at radius 1 is 1.12 bits per heavy atom. The van der Waals surface area contributed by atoms with Crippen molar-refractivity contribution in [1.29, 1.82) is 0 Å². The number of nitrogens with two attached hydrogens (primary N) is 2. The lowest BCUT2D eigenvalue weighted by Crippen LogP contribution is -2.31. The standard InChI is InChI=1S/C16H24FN.C9H13N5O/c17-16-10-8-14(9-11-16)7-4-12-18-13-15-5-2-1-3-6-15;1-12-8(14-11)6-3-2-4-7(5-6)13-9(10)15/h8-11,15,18H,1-7,12-13H2;2-5H,11H2,1H3,(H,12,14)(H3,10,13,15). The molecule has 7 N–H and O–H groups in total. The molecule has 1 saturated carbocycles. The van der Waals surface area contributed by atoms with Gasteiger partial charge in [-0.3, -0.25) is 4.99 Å². The Morgan fingerprint density at radius 2 is 1.85 bits per heavy atom. The Hall–Kier alpha value is -2.97. The quantitative estimate of drug-likeness (QED) is 0.136. The van der Waals surface area contributed by atoms with Crippen molar-refractivity contribution in [1.82, 2.24) is 10.7 Å². The molecular weight excluding hydrogens is 419 g/mol. The van der Waals surface area contributed by atoms with Crippen LogP contribution in [0.3, 0.4) is 0 Å². The Kier molecular flexibility index (Phi) is 11.9. The molecule has 0 aromatic heterocycles. The second-order valence-electron chi connectivity index (χ2n) is 8.22. The number of amidine groups is 1. The van der Waals surface area contributed by atoms with Gasteiger partial charge in [0.15, 0.2) is 0 Å². The predicted octanol–water partition coefficient (Wildman–Crippen LogP) is 3.95. The summed E-state index contributed by atoms with van der Waals surface area (Å²) in [4.78, 5) is 14.6. The van der Waals surface area contributed by atoms with Crippen molar-refractivity contribution in [3.63, 3.8) is 0 Å². The lowest BCUT2D eigenvalue weighted by Gasteiger charge is -2.21. The lowest BCUT2D eigenvalue weighted by atomic mass is 9.89. The maximum absolute atomic E-state index is 12.7. The van der Waals surface area contributed by atoms with Gasteiger partial charge >= 0.3 is 6.03 Å². The Bertz CT molecular complexity index is 865. The molecule has 0 unspecified atom stereocenters. The fourth-order valence-corrected chi connectivity index (χ4v) is 3.93. The first-order valence-electron chi connectivity index (χ1n) is 11.6. The zero-order valence-corrected chi connectivity index (χ0v) is 19.4. The molecule has 3 rings (SSSR count). The minimum Gasteiger partial charge on any atom is -0.351 e. The largest absolute Gasteiger partial charge is 0.351 e. The van der Waals surface area contributed by atoms with Crippen molar-refractivity contribution >= 4 is 17.6 Å². The van der Waals surface area contributed by atoms with Gasteiger partial charge in [-0.15, -0.1) is 0 Å². The molecular formula is C25H37FN6O. The normalized spacial score (nSPS) is 14.2. The molecule has 0 atom stereocenters. The topological polar surface area (TPSA) is 118 Å². The highest BCUT2D eigenvalue weighted by Gasteiger charge is 2.12. The van der Waals surface area contributed by atoms with E-state index in [1.807, 2.05) is 18.2 Å². The molecule has 33 heavy (non-hydrogen) atoms. The second kappa shape index (κ2) is 15.0. The summed E-state index contributed by atoms with van der Waals surface area (Å²) >= 11 is 0. The summed E-state index contributed by atoms with van der Waals surface area (Å²) in [6.45, 7) is 2.26. The number of primary amides is 1. The molecule has 1 aliphatic carbocycles. The van der Waals surface area contributed by atoms with Crippen LogP contribution in [-0.4, -0.2) is 32.0 Å². The van der Waals surface area contributed by atoms with Crippen molar-refractivity contribution < 1.29 is 9.18 Å². The third-order valence-electron chi connectivity index (χ3n) is 5.65. The molecule has 0 radical (unpaired) electrons. The van der Waals surface area contributed by atoms with E-state index in [9.17, 15) is 9.18 Å². The molecule has 1 fully saturated rings. The van der Waals surface area contributed by atoms with E-state index in [2.05, 4.69) is 21.1 Å². The molecule has 7 nitrogen and oxygen atoms in total. The van der Waals surface area contributed by atoms with Crippen LogP contribution in [0.15, 0.2) is 53.5 Å². The maximum atomic E-state index is 12.7. The molecule has 2 aromatic carbocycles. The summed E-state index contributed by atoms with van der Waals surface area (Å²) in [5.74, 6) is 6.57. The van der Waals surface area contributed by atoms with E-state index in [0.29, 0.717) is 11.5 Å². The number of carbonyl (C=O) groups is 1. The van der Waals surface area contributed by atoms with E-state index in [4.69, 9.17) is 11.6 Å². The first kappa shape index (κ1) is 26.3. The van der Waals surface area contributed by atoms with Crippen LogP contribution in [-0.2, 0) is 6.42 Å². The molecule has 0 heterocycles. The Labute approximate surface area is 196 Å². The molecule has 0 saturated heterocycles. The highest BCUT2D eigenvalue weighted by molar-refractivity contribution is 5.99. The first-order chi connectivity index (χ1) is 16.0. The molecule has 2 amide bonds. The summed E-state index contributed by atoms with van der Waals surface area (Å²) in [7, 11) is 1.61. The van der Waals surface area contributed by atoms with Crippen LogP contribution in [0.2, 0.25) is 0 Å². The van der Waals surface area contributed by atoms with Gasteiger partial charge in [0.2, 0.25) is 0 Å². The number of hydrazine groups is 1. The number of hydrogen-bond donors (Lipinski definition) is 5. The van der Waals surface area contributed by atoms with Gasteiger partial charge in [-0.25, -0.2) is 15.0 Å². The highest BCUT2D eigenvalue weighted by Crippen LogP contribution is 2.22. The van der Waals surface area contributed by atoms with E-state index < -0.39 is 6.03 Å². The first-order valence-corrected chi connectivity index (χ1v) is 11.6. The average molecular weight is 457 g/mol. The highest BCUT2D eigenvalue weighted by atomic mass is 19.1. The number of carbonyl (C=O) groups excluding carboxylic acids is 1. The zero-order valence-electron chi connectivity index (χ0n) is 19.4. The molecule has 1 aliphatic rings. The Balaban J connectivity index is 0.000000238. The van der Waals surface area contributed by atoms with E-state index in [1.165, 1.54) is 44.2 Å². The Morgan fingerprint density at radius 3 is 2.48 bits per heavy atom. The van der Waals surface area contributed by atoms with Crippen LogP contribution in [0.4, 0.5) is 14.9 Å². The minimum absolute atomic E-state index is 0.144. The molecule has 0 bridgehead atoms. The summed E-state index contributed by atoms with van der Waals surface area (Å²) in [5.41, 5.74) is 10.0. The van der Waals surface area contributed by atoms with Crippen LogP contribution < -0.4 is 27.6 Å². The van der Waals surface area contributed by atoms with E-state index in [0.717, 1.165) is 30.9 Å². The average Bonchev–Trinajstić information content (AvgIpc) is 2.82. The fraction of sp³-hybridized carbons (Fsp3) is 0.440. The number of halogens is 1. The smallest absolute Gasteiger partial charge is 0.316 e. The number of nitrogens with zero attached hydrogens (tertiary/aromatic N) is 1. The monoisotopic (exact) mass is 456 g/mol. The number of anilines is 1. The van der Waals surface area contributed by atoms with Crippen LogP contribution in [0.25, 0.3) is 0 Å². The molecule has 0 aliphatic heterocycles. The van der Waals surface area contributed by atoms with Crippen LogP contribution in [0.1, 0.15) is 49.7 Å². The van der Waals surface area contributed by atoms with Crippen LogP contribution in [0.5, 0.6) is 0 Å². The summed E-state index contributed by atoms with van der Waals surface area (Å²) in [5, 5.41) is 6.03. The molecule has 8 heteroatoms. The number of aliphatic imine (C=N–C) groups is 1. The molecule has 180 valence electrons. The number of amides is 2. The molecule has 0 spiro atoms. The van der Waals surface area contributed by atoms with Crippen molar-refractivity contribution in [2.75, 3.05) is 25.5 Å². The number of rotatable bonds is 8. The zero-order chi connectivity index (χ0) is 23.9. The summed E-state index contributed by atoms with van der Waals surface area (Å²) < 4.78 is 12.7. The maximum Gasteiger partial charge on any atom is 0.316 e. The van der Waals surface area contributed by atoms with Gasteiger partial charge < -0.3 is 21.8 Å². The van der Waals surface area contributed by atoms with Crippen molar-refractivity contribution in [2.45, 2.75) is 44.9 Å². The third-order valence-corrected chi connectivity index (χ3v) is 5.65. The molecule has 2 aromatic rings. The van der Waals surface area contributed by atoms with Gasteiger partial charge in [0.25, 0.3) is 0 Å². The van der Waals surface area contributed by atoms with Gasteiger partial charge in [0, 0.05) is 18.3 Å². The number of aryl methyl sites for hydroxylation is 1. The number of hydrogen-bond acceptors (Lipinski definition) is 4. The predicted molar refractivity (Wildman–Crippen MR) is 134 cm³/mol. The number of benzene rings is 2. The second-order valence-corrected chi connectivity index (χ2v) is 8.22. The van der Waals surface area contributed by atoms with E-state index in [1.54, 1.807) is 37.4 Å². The van der Waals surface area contributed by atoms with Crippen LogP contribution in [0, 0.1) is 11.7 Å². The summed E-state index contributed by atoms with van der Waals surface area (Å²) in [6, 6.07) is 13.3. The number of nitrogens with one attached hydrogen (secondary N) is 3.